The first kappa shape index (κ1) is 17.4. The SMILES string of the molecule is Cl.Cn1ccnc1C1CNCCN1Cc1ccc([N+](=O)[O-])cc1. The fraction of sp³-hybridized carbons (Fsp3) is 0.400. The van der Waals surface area contributed by atoms with Crippen molar-refractivity contribution >= 4 is 18.1 Å². The van der Waals surface area contributed by atoms with Crippen molar-refractivity contribution < 1.29 is 4.92 Å². The van der Waals surface area contributed by atoms with E-state index in [1.54, 1.807) is 12.1 Å². The highest BCUT2D eigenvalue weighted by Gasteiger charge is 2.26. The molecule has 1 aromatic heterocycles. The summed E-state index contributed by atoms with van der Waals surface area (Å²) in [5.41, 5.74) is 1.21. The van der Waals surface area contributed by atoms with Crippen molar-refractivity contribution in [2.45, 2.75) is 12.6 Å². The van der Waals surface area contributed by atoms with Gasteiger partial charge in [0.1, 0.15) is 5.82 Å². The molecule has 0 radical (unpaired) electrons. The number of nitrogens with one attached hydrogen (secondary N) is 1. The third-order valence-electron chi connectivity index (χ3n) is 4.04. The smallest absolute Gasteiger partial charge is 0.269 e. The molecule has 1 fully saturated rings. The molecule has 8 heteroatoms. The summed E-state index contributed by atoms with van der Waals surface area (Å²) in [6.45, 7) is 3.48. The molecule has 0 bridgehead atoms. The first-order chi connectivity index (χ1) is 10.6. The van der Waals surface area contributed by atoms with E-state index in [1.807, 2.05) is 36.1 Å². The van der Waals surface area contributed by atoms with Gasteiger partial charge < -0.3 is 9.88 Å². The highest BCUT2D eigenvalue weighted by atomic mass is 35.5. The molecule has 0 aliphatic carbocycles. The first-order valence-electron chi connectivity index (χ1n) is 7.30. The van der Waals surface area contributed by atoms with Crippen molar-refractivity contribution in [2.75, 3.05) is 19.6 Å². The second-order valence-electron chi connectivity index (χ2n) is 5.51. The monoisotopic (exact) mass is 337 g/mol. The van der Waals surface area contributed by atoms with Crippen LogP contribution >= 0.6 is 12.4 Å². The summed E-state index contributed by atoms with van der Waals surface area (Å²) in [5.74, 6) is 1.04. The van der Waals surface area contributed by atoms with Gasteiger partial charge in [0, 0.05) is 57.8 Å². The van der Waals surface area contributed by atoms with Crippen LogP contribution < -0.4 is 5.32 Å². The van der Waals surface area contributed by atoms with Gasteiger partial charge in [-0.25, -0.2) is 4.98 Å². The quantitative estimate of drug-likeness (QED) is 0.681. The van der Waals surface area contributed by atoms with Gasteiger partial charge in [0.05, 0.1) is 11.0 Å². The first-order valence-corrected chi connectivity index (χ1v) is 7.30. The maximum absolute atomic E-state index is 10.7. The molecule has 1 saturated heterocycles. The van der Waals surface area contributed by atoms with Crippen LogP contribution in [0, 0.1) is 10.1 Å². The van der Waals surface area contributed by atoms with Gasteiger partial charge >= 0.3 is 0 Å². The summed E-state index contributed by atoms with van der Waals surface area (Å²) < 4.78 is 2.04. The molecule has 1 aromatic carbocycles. The fourth-order valence-electron chi connectivity index (χ4n) is 2.85. The maximum Gasteiger partial charge on any atom is 0.269 e. The Hall–Kier alpha value is -1.96. The van der Waals surface area contributed by atoms with Crippen molar-refractivity contribution in [2.24, 2.45) is 7.05 Å². The summed E-state index contributed by atoms with van der Waals surface area (Å²) in [7, 11) is 2.00. The lowest BCUT2D eigenvalue weighted by atomic mass is 10.1. The standard InChI is InChI=1S/C15H19N5O2.ClH/c1-18-8-7-17-15(18)14-10-16-6-9-19(14)11-12-2-4-13(5-3-12)20(21)22;/h2-5,7-8,14,16H,6,9-11H2,1H3;1H. The summed E-state index contributed by atoms with van der Waals surface area (Å²) >= 11 is 0. The minimum Gasteiger partial charge on any atom is -0.337 e. The number of aromatic nitrogens is 2. The Balaban J connectivity index is 0.00000192. The minimum absolute atomic E-state index is 0. The summed E-state index contributed by atoms with van der Waals surface area (Å²) in [5, 5.41) is 14.1. The summed E-state index contributed by atoms with van der Waals surface area (Å²) in [4.78, 5) is 17.2. The second-order valence-corrected chi connectivity index (χ2v) is 5.51. The minimum atomic E-state index is -0.370. The molecular formula is C15H20ClN5O2. The number of halogens is 1. The van der Waals surface area contributed by atoms with Crippen LogP contribution in [0.15, 0.2) is 36.7 Å². The van der Waals surface area contributed by atoms with Crippen LogP contribution in [0.5, 0.6) is 0 Å². The van der Waals surface area contributed by atoms with Crippen LogP contribution in [0.3, 0.4) is 0 Å². The van der Waals surface area contributed by atoms with Crippen LogP contribution in [0.2, 0.25) is 0 Å². The van der Waals surface area contributed by atoms with Gasteiger partial charge in [-0.05, 0) is 5.56 Å². The lowest BCUT2D eigenvalue weighted by Gasteiger charge is -2.35. The fourth-order valence-corrected chi connectivity index (χ4v) is 2.85. The van der Waals surface area contributed by atoms with Crippen LogP contribution in [-0.4, -0.2) is 39.0 Å². The van der Waals surface area contributed by atoms with Crippen LogP contribution in [-0.2, 0) is 13.6 Å². The Bertz CT molecular complexity index is 658. The lowest BCUT2D eigenvalue weighted by molar-refractivity contribution is -0.384. The van der Waals surface area contributed by atoms with E-state index < -0.39 is 0 Å². The van der Waals surface area contributed by atoms with Crippen LogP contribution in [0.25, 0.3) is 0 Å². The Morgan fingerprint density at radius 3 is 2.74 bits per heavy atom. The predicted molar refractivity (Wildman–Crippen MR) is 89.6 cm³/mol. The molecule has 2 aromatic rings. The number of rotatable bonds is 4. The van der Waals surface area contributed by atoms with Crippen molar-refractivity contribution in [3.8, 4) is 0 Å². The highest BCUT2D eigenvalue weighted by molar-refractivity contribution is 5.85. The van der Waals surface area contributed by atoms with Gasteiger partial charge in [-0.15, -0.1) is 12.4 Å². The van der Waals surface area contributed by atoms with Gasteiger partial charge in [0.2, 0.25) is 0 Å². The largest absolute Gasteiger partial charge is 0.337 e. The number of nitro benzene ring substituents is 1. The Kier molecular flexibility index (Phi) is 5.70. The third kappa shape index (κ3) is 3.87. The van der Waals surface area contributed by atoms with Crippen LogP contribution in [0.1, 0.15) is 17.4 Å². The third-order valence-corrected chi connectivity index (χ3v) is 4.04. The highest BCUT2D eigenvalue weighted by Crippen LogP contribution is 2.23. The van der Waals surface area contributed by atoms with Crippen molar-refractivity contribution in [1.82, 2.24) is 19.8 Å². The Morgan fingerprint density at radius 2 is 2.13 bits per heavy atom. The van der Waals surface area contributed by atoms with E-state index in [1.165, 1.54) is 0 Å². The van der Waals surface area contributed by atoms with Gasteiger partial charge in [-0.1, -0.05) is 12.1 Å². The Labute approximate surface area is 140 Å². The van der Waals surface area contributed by atoms with Gasteiger partial charge in [-0.3, -0.25) is 15.0 Å². The van der Waals surface area contributed by atoms with E-state index in [0.717, 1.165) is 37.6 Å². The van der Waals surface area contributed by atoms with Gasteiger partial charge in [0.15, 0.2) is 0 Å². The van der Waals surface area contributed by atoms with E-state index in [0.29, 0.717) is 0 Å². The molecule has 1 aliphatic rings. The predicted octanol–water partition coefficient (Wildman–Crippen LogP) is 1.90. The Morgan fingerprint density at radius 1 is 1.39 bits per heavy atom. The maximum atomic E-state index is 10.7. The molecule has 23 heavy (non-hydrogen) atoms. The molecule has 1 unspecified atom stereocenters. The van der Waals surface area contributed by atoms with Gasteiger partial charge in [-0.2, -0.15) is 0 Å². The zero-order chi connectivity index (χ0) is 15.5. The normalized spacial score (nSPS) is 18.4. The van der Waals surface area contributed by atoms with E-state index in [4.69, 9.17) is 0 Å². The average molecular weight is 338 g/mol. The zero-order valence-electron chi connectivity index (χ0n) is 12.9. The second kappa shape index (κ2) is 7.54. The van der Waals surface area contributed by atoms with E-state index in [-0.39, 0.29) is 29.1 Å². The number of imidazole rings is 1. The molecule has 0 amide bonds. The number of hydrogen-bond donors (Lipinski definition) is 1. The topological polar surface area (TPSA) is 76.2 Å². The van der Waals surface area contributed by atoms with E-state index in [9.17, 15) is 10.1 Å². The molecule has 7 nitrogen and oxygen atoms in total. The lowest BCUT2D eigenvalue weighted by Crippen LogP contribution is -2.46. The molecule has 124 valence electrons. The number of hydrogen-bond acceptors (Lipinski definition) is 5. The summed E-state index contributed by atoms with van der Waals surface area (Å²) in [6.07, 6.45) is 3.77. The molecule has 3 rings (SSSR count). The average Bonchev–Trinajstić information content (AvgIpc) is 2.94. The summed E-state index contributed by atoms with van der Waals surface area (Å²) in [6, 6.07) is 7.00. The van der Waals surface area contributed by atoms with E-state index >= 15 is 0 Å². The number of piperazine rings is 1. The molecular weight excluding hydrogens is 318 g/mol. The zero-order valence-corrected chi connectivity index (χ0v) is 13.7. The number of aryl methyl sites for hydroxylation is 1. The number of nitro groups is 1. The molecule has 0 spiro atoms. The molecule has 1 N–H and O–H groups in total. The molecule has 0 saturated carbocycles. The van der Waals surface area contributed by atoms with Gasteiger partial charge in [0.25, 0.3) is 5.69 Å². The van der Waals surface area contributed by atoms with Crippen molar-refractivity contribution in [3.05, 3.63) is 58.2 Å². The van der Waals surface area contributed by atoms with Crippen LogP contribution in [0.4, 0.5) is 5.69 Å². The molecule has 1 atom stereocenters. The van der Waals surface area contributed by atoms with E-state index in [2.05, 4.69) is 15.2 Å². The number of nitrogens with zero attached hydrogens (tertiary/aromatic N) is 4. The molecule has 2 heterocycles. The number of benzene rings is 1. The van der Waals surface area contributed by atoms with Crippen molar-refractivity contribution in [1.29, 1.82) is 0 Å². The number of non-ortho nitro benzene ring substituents is 1. The van der Waals surface area contributed by atoms with Crippen molar-refractivity contribution in [3.63, 3.8) is 0 Å². The molecule has 1 aliphatic heterocycles.